The van der Waals surface area contributed by atoms with E-state index in [0.29, 0.717) is 19.6 Å². The Bertz CT molecular complexity index is 5660. The van der Waals surface area contributed by atoms with Gasteiger partial charge in [-0.25, -0.2) is 43.5 Å². The highest BCUT2D eigenvalue weighted by Crippen LogP contribution is 2.33. The van der Waals surface area contributed by atoms with E-state index in [2.05, 4.69) is 156 Å². The van der Waals surface area contributed by atoms with Crippen molar-refractivity contribution in [2.24, 2.45) is 0 Å². The van der Waals surface area contributed by atoms with Crippen LogP contribution in [-0.4, -0.2) is 118 Å². The summed E-state index contributed by atoms with van der Waals surface area (Å²) in [6, 6.07) is 65.5. The van der Waals surface area contributed by atoms with Gasteiger partial charge in [-0.1, -0.05) is 110 Å². The SMILES string of the molecule is CCNCc1nc(-c2ccc3ncnn3c2)c(-c2cccc(C)n2)[nH]1.Cc1cccc(-c2[nH]c(CNCCc3cccc4ccccc34)nc2-c2ccc3ncnn3c2)n1.Cc1cccc(-c2[nH]c(CNCCc3cccc4ncccc34)nc2-c2ccc3ncnn3c2)n1.c1ccc2cnccc2c1. The summed E-state index contributed by atoms with van der Waals surface area (Å²) in [5.41, 5.74) is 19.7. The molecule has 4 aromatic carbocycles. The summed E-state index contributed by atoms with van der Waals surface area (Å²) in [6.45, 7) is 12.6. The fraction of sp³-hybridized carbons (Fsp3) is 0.146. The van der Waals surface area contributed by atoms with Crippen LogP contribution in [0.3, 0.4) is 0 Å². The molecule has 0 unspecified atom stereocenters. The highest BCUT2D eigenvalue weighted by Gasteiger charge is 2.20. The first-order valence-electron chi connectivity index (χ1n) is 34.9. The third-order valence-electron chi connectivity index (χ3n) is 17.8. The molecule has 0 spiro atoms. The lowest BCUT2D eigenvalue weighted by molar-refractivity contribution is 0.666. The molecule has 0 amide bonds. The van der Waals surface area contributed by atoms with Gasteiger partial charge in [-0.3, -0.25) is 24.9 Å². The molecule has 0 saturated heterocycles. The van der Waals surface area contributed by atoms with Gasteiger partial charge in [0.15, 0.2) is 16.9 Å². The molecule has 0 bridgehead atoms. The van der Waals surface area contributed by atoms with Crippen molar-refractivity contribution >= 4 is 49.4 Å². The van der Waals surface area contributed by atoms with Gasteiger partial charge in [0.05, 0.1) is 76.4 Å². The number of nitrogens with zero attached hydrogens (tertiary/aromatic N) is 17. The Morgan fingerprint density at radius 3 is 1.28 bits per heavy atom. The second-order valence-electron chi connectivity index (χ2n) is 25.1. The van der Waals surface area contributed by atoms with Crippen LogP contribution in [0.15, 0.2) is 250 Å². The highest BCUT2D eigenvalue weighted by atomic mass is 15.3. The number of imidazole rings is 3. The van der Waals surface area contributed by atoms with Crippen LogP contribution in [0.4, 0.5) is 0 Å². The zero-order chi connectivity index (χ0) is 71.3. The number of aryl methyl sites for hydroxylation is 3. The monoisotopic (exact) mass is 1380 g/mol. The van der Waals surface area contributed by atoms with Crippen LogP contribution in [0.1, 0.15) is 52.6 Å². The Balaban J connectivity index is 0.000000120. The normalized spacial score (nSPS) is 11.3. The number of fused-ring (bicyclic) bond motifs is 6. The summed E-state index contributed by atoms with van der Waals surface area (Å²) in [5.74, 6) is 2.61. The van der Waals surface area contributed by atoms with Gasteiger partial charge >= 0.3 is 0 Å². The molecule has 518 valence electrons. The maximum atomic E-state index is 4.95. The number of pyridine rings is 8. The topological polar surface area (TPSA) is 277 Å². The van der Waals surface area contributed by atoms with E-state index in [-0.39, 0.29) is 0 Å². The molecule has 14 aromatic heterocycles. The number of hydrogen-bond donors (Lipinski definition) is 6. The van der Waals surface area contributed by atoms with E-state index in [1.165, 1.54) is 38.1 Å². The van der Waals surface area contributed by atoms with Crippen molar-refractivity contribution in [3.8, 4) is 67.9 Å². The summed E-state index contributed by atoms with van der Waals surface area (Å²) in [6.07, 6.45) is 17.9. The Labute approximate surface area is 604 Å². The molecule has 6 N–H and O–H groups in total. The van der Waals surface area contributed by atoms with E-state index in [9.17, 15) is 0 Å². The molecule has 23 nitrogen and oxygen atoms in total. The maximum absolute atomic E-state index is 4.95. The van der Waals surface area contributed by atoms with Crippen LogP contribution in [0.5, 0.6) is 0 Å². The Hall–Kier alpha value is -13.2. The van der Waals surface area contributed by atoms with Crippen molar-refractivity contribution in [2.75, 3.05) is 19.6 Å². The quantitative estimate of drug-likeness (QED) is 0.0410. The molecular formula is C82H75N23. The van der Waals surface area contributed by atoms with Gasteiger partial charge in [0.2, 0.25) is 0 Å². The third kappa shape index (κ3) is 16.0. The van der Waals surface area contributed by atoms with Crippen LogP contribution >= 0.6 is 0 Å². The van der Waals surface area contributed by atoms with Gasteiger partial charge in [-0.15, -0.1) is 0 Å². The largest absolute Gasteiger partial charge is 0.339 e. The Morgan fingerprint density at radius 1 is 0.362 bits per heavy atom. The van der Waals surface area contributed by atoms with Crippen LogP contribution in [0.25, 0.3) is 117 Å². The van der Waals surface area contributed by atoms with Gasteiger partial charge < -0.3 is 30.9 Å². The molecular weight excluding hydrogens is 1310 g/mol. The van der Waals surface area contributed by atoms with Gasteiger partial charge in [0.1, 0.15) is 36.5 Å². The smallest absolute Gasteiger partial charge is 0.155 e. The number of aromatic amines is 3. The van der Waals surface area contributed by atoms with E-state index in [0.717, 1.165) is 157 Å². The Kier molecular flexibility index (Phi) is 20.4. The van der Waals surface area contributed by atoms with Crippen LogP contribution in [0.2, 0.25) is 0 Å². The second kappa shape index (κ2) is 31.8. The van der Waals surface area contributed by atoms with Crippen molar-refractivity contribution < 1.29 is 0 Å². The average Bonchev–Trinajstić information content (AvgIpc) is 1.68. The molecule has 105 heavy (non-hydrogen) atoms. The molecule has 0 saturated carbocycles. The zero-order valence-corrected chi connectivity index (χ0v) is 58.4. The minimum absolute atomic E-state index is 0.618. The lowest BCUT2D eigenvalue weighted by atomic mass is 10.0. The lowest BCUT2D eigenvalue weighted by Gasteiger charge is -2.07. The van der Waals surface area contributed by atoms with Crippen molar-refractivity contribution in [1.82, 2.24) is 115 Å². The molecule has 14 heterocycles. The first-order chi connectivity index (χ1) is 51.7. The number of aromatic nitrogens is 20. The van der Waals surface area contributed by atoms with Gasteiger partial charge in [-0.05, 0) is 177 Å². The van der Waals surface area contributed by atoms with Crippen molar-refractivity contribution in [1.29, 1.82) is 0 Å². The molecule has 0 aliphatic rings. The summed E-state index contributed by atoms with van der Waals surface area (Å²) in [7, 11) is 0. The van der Waals surface area contributed by atoms with Crippen LogP contribution < -0.4 is 16.0 Å². The van der Waals surface area contributed by atoms with E-state index in [1.54, 1.807) is 32.5 Å². The Morgan fingerprint density at radius 2 is 0.790 bits per heavy atom. The van der Waals surface area contributed by atoms with Gasteiger partial charge in [0.25, 0.3) is 0 Å². The van der Waals surface area contributed by atoms with Crippen LogP contribution in [-0.2, 0) is 32.5 Å². The van der Waals surface area contributed by atoms with E-state index in [4.69, 9.17) is 24.9 Å². The predicted octanol–water partition coefficient (Wildman–Crippen LogP) is 14.2. The number of rotatable bonds is 19. The second-order valence-corrected chi connectivity index (χ2v) is 25.1. The van der Waals surface area contributed by atoms with Crippen molar-refractivity contribution in [2.45, 2.75) is 60.2 Å². The molecule has 0 aliphatic heterocycles. The van der Waals surface area contributed by atoms with Crippen molar-refractivity contribution in [3.05, 3.63) is 296 Å². The number of hydrogen-bond acceptors (Lipinski definition) is 17. The molecule has 0 fully saturated rings. The van der Waals surface area contributed by atoms with E-state index in [1.807, 2.05) is 179 Å². The molecule has 18 aromatic rings. The van der Waals surface area contributed by atoms with E-state index < -0.39 is 0 Å². The fourth-order valence-electron chi connectivity index (χ4n) is 12.6. The number of H-pyrrole nitrogens is 3. The van der Waals surface area contributed by atoms with Crippen molar-refractivity contribution in [3.63, 3.8) is 0 Å². The minimum atomic E-state index is 0.618. The van der Waals surface area contributed by atoms with Gasteiger partial charge in [-0.2, -0.15) is 15.3 Å². The summed E-state index contributed by atoms with van der Waals surface area (Å²) in [5, 5.41) is 29.4. The summed E-state index contributed by atoms with van der Waals surface area (Å²) in [4.78, 5) is 60.4. The number of benzene rings is 4. The standard InChI is InChI=1S/C28H25N7.C27H24N8.C18H19N7.C9H7N/c1-19-6-4-11-24(32-19)28-27(22-12-13-26-30-18-31-35(26)17-22)33-25(34-28)16-29-15-14-21-9-5-8-20-7-2-3-10-23(20)21;1-18-5-2-9-23(32-18)27-26(20-10-11-25-30-17-31-35(25)16-20)33-24(34-27)15-28-14-12-19-6-3-8-22-21(19)7-4-13-29-22;1-3-19-9-15-23-17(13-7-8-16-20-11-21-25(16)10-13)18(24-15)14-6-4-5-12(2)22-14;1-2-4-9-7-10-6-5-8(9)3-1/h2-13,17-18,29H,14-16H2,1H3,(H,33,34);2-11,13,16-17,28H,12,14-15H2,1H3,(H,33,34);4-8,10-11,19H,3,9H2,1-2H3,(H,23,24);1-7H. The zero-order valence-electron chi connectivity index (χ0n) is 58.4. The van der Waals surface area contributed by atoms with E-state index >= 15 is 0 Å². The molecule has 0 atom stereocenters. The first kappa shape index (κ1) is 67.6. The third-order valence-corrected chi connectivity index (χ3v) is 17.8. The number of nitrogens with one attached hydrogen (secondary N) is 6. The highest BCUT2D eigenvalue weighted by molar-refractivity contribution is 5.86. The molecule has 0 radical (unpaired) electrons. The summed E-state index contributed by atoms with van der Waals surface area (Å²) < 4.78 is 5.27. The maximum Gasteiger partial charge on any atom is 0.155 e. The molecule has 0 aliphatic carbocycles. The molecule has 23 heteroatoms. The summed E-state index contributed by atoms with van der Waals surface area (Å²) >= 11 is 0. The fourth-order valence-corrected chi connectivity index (χ4v) is 12.6. The molecule has 18 rings (SSSR count). The minimum Gasteiger partial charge on any atom is -0.339 e. The predicted molar refractivity (Wildman–Crippen MR) is 411 cm³/mol. The van der Waals surface area contributed by atoms with Gasteiger partial charge in [0, 0.05) is 76.3 Å². The lowest BCUT2D eigenvalue weighted by Crippen LogP contribution is -2.17. The first-order valence-corrected chi connectivity index (χ1v) is 34.9. The average molecular weight is 1380 g/mol. The van der Waals surface area contributed by atoms with Crippen LogP contribution in [0, 0.1) is 20.8 Å².